The van der Waals surface area contributed by atoms with Gasteiger partial charge in [0, 0.05) is 47.2 Å². The Kier molecular flexibility index (Phi) is 17.7. The first kappa shape index (κ1) is 58.1. The molecule has 0 saturated carbocycles. The van der Waals surface area contributed by atoms with Crippen molar-refractivity contribution in [1.29, 1.82) is 0 Å². The number of ether oxygens (including phenoxy) is 4. The molecule has 420 valence electrons. The van der Waals surface area contributed by atoms with Gasteiger partial charge in [0.05, 0.1) is 7.05 Å². The summed E-state index contributed by atoms with van der Waals surface area (Å²) in [4.78, 5) is 94.8. The quantitative estimate of drug-likeness (QED) is 0.0130. The smallest absolute Gasteiger partial charge is 0.356 e. The van der Waals surface area contributed by atoms with Crippen LogP contribution in [0.4, 0.5) is 5.13 Å². The van der Waals surface area contributed by atoms with Gasteiger partial charge in [-0.1, -0.05) is 133 Å². The zero-order chi connectivity index (χ0) is 57.0. The fraction of sp³-hybridized carbons (Fsp3) is 0.200. The highest BCUT2D eigenvalue weighted by molar-refractivity contribution is 8.00. The second-order valence-corrected chi connectivity index (χ2v) is 21.6. The molecule has 0 radical (unpaired) electrons. The molecule has 0 bridgehead atoms. The standard InChI is InChI=1S/C60H52N6O13S2.HI/c1-34(67)75-47-27-41-29-66(3,30-42(41)28-48(47)76-35(2)68)31-43-32-80-57-50(56(72)65(57)51(43)58(73)77-52(36-16-8-4-9-17-36)37-18-10-5-11-19-37)63-55(71)49(44-33-81-60(61)62-44)64-79-54(40-24-25-45(69)46(70)26-40)59(74)78-53(38-20-12-6-13-21-38)39-22-14-7-15-23-39;/h4-28,33,50,52-54,57H,29-32H2,1-3H3,(H4-,61,62,63,64,69,70,71);1H/t50?,54?,57-;/m1./s1. The molecule has 1 aromatic heterocycles. The van der Waals surface area contributed by atoms with Gasteiger partial charge in [-0.25, -0.2) is 14.6 Å². The number of carbonyl (C=O) groups excluding carboxylic acids is 6. The number of hydrogen-bond donors (Lipinski definition) is 4. The van der Waals surface area contributed by atoms with Crippen LogP contribution in [0.3, 0.4) is 0 Å². The molecular weight excluding hydrogens is 1200 g/mol. The Hall–Kier alpha value is -8.58. The van der Waals surface area contributed by atoms with E-state index >= 15 is 4.79 Å². The van der Waals surface area contributed by atoms with Crippen LogP contribution in [-0.4, -0.2) is 96.7 Å². The number of oxime groups is 1. The molecule has 3 aliphatic heterocycles. The number of carbonyl (C=O) groups is 6. The van der Waals surface area contributed by atoms with Crippen molar-refractivity contribution in [3.63, 3.8) is 0 Å². The third kappa shape index (κ3) is 12.8. The molecule has 0 aliphatic carbocycles. The number of benzene rings is 6. The Labute approximate surface area is 495 Å². The Morgan fingerprint density at radius 3 is 1.72 bits per heavy atom. The lowest BCUT2D eigenvalue weighted by Gasteiger charge is -2.50. The average Bonchev–Trinajstić information content (AvgIpc) is 4.18. The first-order valence-corrected chi connectivity index (χ1v) is 27.4. The second-order valence-electron chi connectivity index (χ2n) is 19.7. The minimum atomic E-state index is -1.76. The van der Waals surface area contributed by atoms with Crippen molar-refractivity contribution < 1.29 is 91.2 Å². The van der Waals surface area contributed by atoms with E-state index in [1.807, 2.05) is 79.8 Å². The molecule has 22 heteroatoms. The summed E-state index contributed by atoms with van der Waals surface area (Å²) in [5.74, 6) is -5.22. The number of phenolic OH excluding ortho intramolecular Hbond substituents is 2. The third-order valence-corrected chi connectivity index (χ3v) is 15.6. The minimum absolute atomic E-state index is 0. The van der Waals surface area contributed by atoms with E-state index in [4.69, 9.17) is 29.5 Å². The van der Waals surface area contributed by atoms with Gasteiger partial charge in [-0.2, -0.15) is 0 Å². The third-order valence-electron chi connectivity index (χ3n) is 13.6. The van der Waals surface area contributed by atoms with Crippen LogP contribution in [0.5, 0.6) is 23.0 Å². The lowest BCUT2D eigenvalue weighted by Crippen LogP contribution is -3.00. The number of quaternary nitrogens is 1. The van der Waals surface area contributed by atoms with Crippen LogP contribution in [-0.2, 0) is 56.2 Å². The van der Waals surface area contributed by atoms with Gasteiger partial charge in [0.2, 0.25) is 6.10 Å². The van der Waals surface area contributed by atoms with E-state index in [0.29, 0.717) is 45.4 Å². The maximum Gasteiger partial charge on any atom is 0.356 e. The Bertz CT molecular complexity index is 3500. The number of nitrogen functional groups attached to an aromatic ring is 1. The maximum absolute atomic E-state index is 15.1. The number of aromatic hydroxyl groups is 2. The summed E-state index contributed by atoms with van der Waals surface area (Å²) in [5.41, 5.74) is 10.4. The average molecular weight is 1260 g/mol. The second kappa shape index (κ2) is 25.1. The van der Waals surface area contributed by atoms with Gasteiger partial charge in [0.25, 0.3) is 11.8 Å². The number of amides is 2. The maximum atomic E-state index is 15.1. The molecule has 2 amide bonds. The number of thiazole rings is 1. The number of likely N-dealkylation sites (N-methyl/N-ethyl adjacent to an activating group) is 1. The molecule has 7 aromatic rings. The largest absolute Gasteiger partial charge is 1.00 e. The van der Waals surface area contributed by atoms with Crippen LogP contribution in [0, 0.1) is 0 Å². The molecule has 3 aliphatic rings. The summed E-state index contributed by atoms with van der Waals surface area (Å²) in [6.45, 7) is 3.55. The van der Waals surface area contributed by atoms with Crippen molar-refractivity contribution >= 4 is 69.6 Å². The number of nitrogens with zero attached hydrogens (tertiary/aromatic N) is 4. The molecule has 1 fully saturated rings. The van der Waals surface area contributed by atoms with Crippen LogP contribution >= 0.6 is 23.1 Å². The van der Waals surface area contributed by atoms with E-state index < -0.39 is 82.6 Å². The summed E-state index contributed by atoms with van der Waals surface area (Å²) in [5, 5.41) is 28.5. The number of nitrogens with two attached hydrogens (primary N) is 1. The molecule has 82 heavy (non-hydrogen) atoms. The monoisotopic (exact) mass is 1260 g/mol. The topological polar surface area (TPSA) is 256 Å². The number of esters is 4. The van der Waals surface area contributed by atoms with E-state index in [0.717, 1.165) is 34.6 Å². The summed E-state index contributed by atoms with van der Waals surface area (Å²) in [7, 11) is 1.98. The van der Waals surface area contributed by atoms with Crippen molar-refractivity contribution in [1.82, 2.24) is 15.2 Å². The summed E-state index contributed by atoms with van der Waals surface area (Å²) in [6, 6.07) is 42.0. The molecule has 4 heterocycles. The van der Waals surface area contributed by atoms with Gasteiger partial charge in [0.1, 0.15) is 42.4 Å². The molecule has 3 atom stereocenters. The molecule has 2 unspecified atom stereocenters. The number of aromatic nitrogens is 1. The lowest BCUT2D eigenvalue weighted by atomic mass is 10.00. The van der Waals surface area contributed by atoms with Crippen molar-refractivity contribution in [2.45, 2.75) is 56.7 Å². The number of halogens is 1. The van der Waals surface area contributed by atoms with Gasteiger partial charge in [-0.3, -0.25) is 24.1 Å². The number of anilines is 1. The summed E-state index contributed by atoms with van der Waals surface area (Å²) >= 11 is 2.31. The first-order chi connectivity index (χ1) is 39.0. The zero-order valence-corrected chi connectivity index (χ0v) is 48.0. The highest BCUT2D eigenvalue weighted by Gasteiger charge is 2.56. The van der Waals surface area contributed by atoms with E-state index in [2.05, 4.69) is 15.5 Å². The fourth-order valence-corrected chi connectivity index (χ4v) is 11.9. The molecule has 10 rings (SSSR count). The van der Waals surface area contributed by atoms with Gasteiger partial charge < -0.3 is 73.5 Å². The normalized spacial score (nSPS) is 16.4. The Balaban J connectivity index is 0.00000810. The number of thioether (sulfide) groups is 1. The SMILES string of the molecule is CC(=O)Oc1cc2c(cc1OC(C)=O)C[N+](C)(CC1=C(C(=O)OC(c3ccccc3)c3ccccc3)N3C(=O)C(NC(=O)/C(=N\OC(C(=O)OC(c4ccccc4)c4ccccc4)c4ccc(O)c(O)c4)c4csc(N)n4)[C@H]3SC1)C2.[I-]. The lowest BCUT2D eigenvalue weighted by molar-refractivity contribution is -0.924. The van der Waals surface area contributed by atoms with Gasteiger partial charge >= 0.3 is 23.9 Å². The predicted octanol–water partition coefficient (Wildman–Crippen LogP) is 4.93. The number of fused-ring (bicyclic) bond motifs is 2. The first-order valence-electron chi connectivity index (χ1n) is 25.4. The van der Waals surface area contributed by atoms with Gasteiger partial charge in [-0.05, 0) is 46.5 Å². The van der Waals surface area contributed by atoms with Crippen molar-refractivity contribution in [3.05, 3.63) is 213 Å². The predicted molar refractivity (Wildman–Crippen MR) is 298 cm³/mol. The van der Waals surface area contributed by atoms with E-state index in [1.54, 1.807) is 60.7 Å². The number of hydrogen-bond acceptors (Lipinski definition) is 18. The number of β-lactam (4-membered cyclic amide) rings is 1. The summed E-state index contributed by atoms with van der Waals surface area (Å²) < 4.78 is 23.8. The molecule has 19 nitrogen and oxygen atoms in total. The molecule has 5 N–H and O–H groups in total. The van der Waals surface area contributed by atoms with Gasteiger partial charge in [-0.15, -0.1) is 23.1 Å². The highest BCUT2D eigenvalue weighted by atomic mass is 127. The Morgan fingerprint density at radius 1 is 0.732 bits per heavy atom. The van der Waals surface area contributed by atoms with Crippen LogP contribution in [0.2, 0.25) is 0 Å². The molecule has 6 aromatic carbocycles. The molecule has 0 spiro atoms. The highest BCUT2D eigenvalue weighted by Crippen LogP contribution is 2.45. The number of phenols is 2. The fourth-order valence-electron chi connectivity index (χ4n) is 10.0. The van der Waals surface area contributed by atoms with Crippen LogP contribution in [0.25, 0.3) is 0 Å². The van der Waals surface area contributed by atoms with E-state index in [-0.39, 0.29) is 69.9 Å². The van der Waals surface area contributed by atoms with E-state index in [9.17, 15) is 34.2 Å². The van der Waals surface area contributed by atoms with Crippen LogP contribution < -0.4 is 44.5 Å². The molecular formula is C60H53IN6O13S2. The number of nitrogens with one attached hydrogen (secondary N) is 1. The van der Waals surface area contributed by atoms with Crippen molar-refractivity contribution in [2.75, 3.05) is 25.1 Å². The van der Waals surface area contributed by atoms with E-state index in [1.165, 1.54) is 42.0 Å². The van der Waals surface area contributed by atoms with Gasteiger partial charge in [0.15, 0.2) is 46.0 Å². The van der Waals surface area contributed by atoms with Crippen molar-refractivity contribution in [3.8, 4) is 23.0 Å². The zero-order valence-electron chi connectivity index (χ0n) is 44.2. The minimum Gasteiger partial charge on any atom is -1.00 e. The van der Waals surface area contributed by atoms with Crippen LogP contribution in [0.15, 0.2) is 173 Å². The van der Waals surface area contributed by atoms with Crippen LogP contribution in [0.1, 0.15) is 76.8 Å². The molecule has 1 saturated heterocycles. The Morgan fingerprint density at radius 2 is 1.24 bits per heavy atom. The van der Waals surface area contributed by atoms with Crippen molar-refractivity contribution in [2.24, 2.45) is 5.16 Å². The number of rotatable bonds is 18. The summed E-state index contributed by atoms with van der Waals surface area (Å²) in [6.07, 6.45) is -3.58.